The summed E-state index contributed by atoms with van der Waals surface area (Å²) >= 11 is 7.54. The fourth-order valence-electron chi connectivity index (χ4n) is 2.54. The molecule has 1 saturated carbocycles. The molecule has 5 nitrogen and oxygen atoms in total. The number of carbonyl (C=O) groups is 2. The molecule has 2 N–H and O–H groups in total. The molecule has 2 fully saturated rings. The molecule has 0 aromatic heterocycles. The van der Waals surface area contributed by atoms with Crippen LogP contribution in [0.15, 0.2) is 18.2 Å². The quantitative estimate of drug-likeness (QED) is 0.891. The molecule has 3 rings (SSSR count). The number of aromatic hydroxyl groups is 1. The van der Waals surface area contributed by atoms with Crippen molar-refractivity contribution in [3.63, 3.8) is 0 Å². The zero-order valence-corrected chi connectivity index (χ0v) is 12.6. The van der Waals surface area contributed by atoms with E-state index < -0.39 is 17.9 Å². The average Bonchev–Trinajstić information content (AvgIpc) is 3.19. The van der Waals surface area contributed by atoms with Crippen LogP contribution in [0, 0.1) is 5.92 Å². The molecule has 1 saturated heterocycles. The van der Waals surface area contributed by atoms with Crippen molar-refractivity contribution in [2.45, 2.75) is 24.3 Å². The number of phenols is 1. The summed E-state index contributed by atoms with van der Waals surface area (Å²) in [5.74, 6) is -0.747. The minimum atomic E-state index is -1.00. The Labute approximate surface area is 130 Å². The van der Waals surface area contributed by atoms with Gasteiger partial charge in [0, 0.05) is 5.75 Å². The fraction of sp³-hybridized carbons (Fsp3) is 0.429. The van der Waals surface area contributed by atoms with Crippen molar-refractivity contribution < 1.29 is 19.8 Å². The number of benzene rings is 1. The number of nitrogens with zero attached hydrogens (tertiary/aromatic N) is 1. The SMILES string of the molecule is O=C(O)C1CSC(C2CC2)N1C(=O)c1cc(O)ccc1Cl. The van der Waals surface area contributed by atoms with Gasteiger partial charge in [-0.1, -0.05) is 11.6 Å². The molecular weight excluding hydrogens is 314 g/mol. The average molecular weight is 328 g/mol. The van der Waals surface area contributed by atoms with Crippen LogP contribution in [0.5, 0.6) is 5.75 Å². The summed E-state index contributed by atoms with van der Waals surface area (Å²) in [4.78, 5) is 25.6. The summed E-state index contributed by atoms with van der Waals surface area (Å²) in [5.41, 5.74) is 0.149. The van der Waals surface area contributed by atoms with Crippen molar-refractivity contribution >= 4 is 35.2 Å². The summed E-state index contributed by atoms with van der Waals surface area (Å²) in [7, 11) is 0. The maximum Gasteiger partial charge on any atom is 0.327 e. The van der Waals surface area contributed by atoms with Crippen LogP contribution >= 0.6 is 23.4 Å². The van der Waals surface area contributed by atoms with Gasteiger partial charge < -0.3 is 15.1 Å². The second-order valence-corrected chi connectivity index (χ2v) is 6.85. The molecule has 1 amide bonds. The maximum atomic E-state index is 12.7. The van der Waals surface area contributed by atoms with Gasteiger partial charge in [0.1, 0.15) is 11.8 Å². The Morgan fingerprint density at radius 1 is 1.33 bits per heavy atom. The highest BCUT2D eigenvalue weighted by atomic mass is 35.5. The van der Waals surface area contributed by atoms with Crippen molar-refractivity contribution in [3.8, 4) is 5.75 Å². The largest absolute Gasteiger partial charge is 0.508 e. The highest BCUT2D eigenvalue weighted by Crippen LogP contribution is 2.46. The molecule has 1 aliphatic carbocycles. The minimum absolute atomic E-state index is 0.0653. The molecule has 2 unspecified atom stereocenters. The molecule has 0 spiro atoms. The van der Waals surface area contributed by atoms with Gasteiger partial charge >= 0.3 is 5.97 Å². The minimum Gasteiger partial charge on any atom is -0.508 e. The number of halogens is 1. The Kier molecular flexibility index (Phi) is 3.75. The monoisotopic (exact) mass is 327 g/mol. The number of thioether (sulfide) groups is 1. The van der Waals surface area contributed by atoms with E-state index in [-0.39, 0.29) is 21.7 Å². The van der Waals surface area contributed by atoms with Gasteiger partial charge in [-0.25, -0.2) is 4.79 Å². The molecule has 2 aliphatic rings. The third kappa shape index (κ3) is 2.70. The number of hydrogen-bond acceptors (Lipinski definition) is 4. The summed E-state index contributed by atoms with van der Waals surface area (Å²) < 4.78 is 0. The molecule has 1 aromatic rings. The lowest BCUT2D eigenvalue weighted by Crippen LogP contribution is -2.46. The van der Waals surface area contributed by atoms with Crippen LogP contribution in [0.25, 0.3) is 0 Å². The predicted octanol–water partition coefficient (Wildman–Crippen LogP) is 2.42. The number of carbonyl (C=O) groups excluding carboxylic acids is 1. The molecular formula is C14H14ClNO4S. The summed E-state index contributed by atoms with van der Waals surface area (Å²) in [6.07, 6.45) is 2.03. The van der Waals surface area contributed by atoms with Crippen molar-refractivity contribution in [2.75, 3.05) is 5.75 Å². The highest BCUT2D eigenvalue weighted by molar-refractivity contribution is 8.00. The van der Waals surface area contributed by atoms with E-state index in [0.717, 1.165) is 12.8 Å². The van der Waals surface area contributed by atoms with Crippen LogP contribution in [0.3, 0.4) is 0 Å². The van der Waals surface area contributed by atoms with Gasteiger partial charge in [0.25, 0.3) is 5.91 Å². The molecule has 1 aliphatic heterocycles. The third-order valence-electron chi connectivity index (χ3n) is 3.76. The molecule has 2 atom stereocenters. The second kappa shape index (κ2) is 5.42. The number of carboxylic acid groups (broad SMARTS) is 1. The lowest BCUT2D eigenvalue weighted by molar-refractivity contribution is -0.141. The van der Waals surface area contributed by atoms with Gasteiger partial charge in [-0.3, -0.25) is 4.79 Å². The number of carboxylic acids is 1. The molecule has 0 radical (unpaired) electrons. The van der Waals surface area contributed by atoms with Crippen LogP contribution in [-0.2, 0) is 4.79 Å². The zero-order valence-electron chi connectivity index (χ0n) is 11.0. The lowest BCUT2D eigenvalue weighted by Gasteiger charge is -2.27. The molecule has 21 heavy (non-hydrogen) atoms. The molecule has 1 heterocycles. The summed E-state index contributed by atoms with van der Waals surface area (Å²) in [5, 5.41) is 19.0. The normalized spacial score (nSPS) is 25.1. The van der Waals surface area contributed by atoms with Crippen LogP contribution in [-0.4, -0.2) is 44.2 Å². The van der Waals surface area contributed by atoms with Crippen molar-refractivity contribution in [2.24, 2.45) is 5.92 Å². The van der Waals surface area contributed by atoms with Crippen LogP contribution < -0.4 is 0 Å². The topological polar surface area (TPSA) is 77.8 Å². The molecule has 1 aromatic carbocycles. The van der Waals surface area contributed by atoms with Gasteiger partial charge in [0.05, 0.1) is 16.0 Å². The van der Waals surface area contributed by atoms with E-state index in [9.17, 15) is 19.8 Å². The Bertz CT molecular complexity index is 605. The van der Waals surface area contributed by atoms with E-state index in [2.05, 4.69) is 0 Å². The first kappa shape index (κ1) is 14.5. The van der Waals surface area contributed by atoms with Crippen LogP contribution in [0.4, 0.5) is 0 Å². The van der Waals surface area contributed by atoms with Crippen molar-refractivity contribution in [3.05, 3.63) is 28.8 Å². The molecule has 7 heteroatoms. The Morgan fingerprint density at radius 3 is 2.67 bits per heavy atom. The molecule has 112 valence electrons. The summed E-state index contributed by atoms with van der Waals surface area (Å²) in [6, 6.07) is 3.28. The lowest BCUT2D eigenvalue weighted by atomic mass is 10.1. The predicted molar refractivity (Wildman–Crippen MR) is 79.7 cm³/mol. The first-order valence-electron chi connectivity index (χ1n) is 6.64. The first-order chi connectivity index (χ1) is 9.99. The van der Waals surface area contributed by atoms with E-state index in [1.807, 2.05) is 0 Å². The number of aliphatic carboxylic acids is 1. The van der Waals surface area contributed by atoms with Crippen molar-refractivity contribution in [1.29, 1.82) is 0 Å². The maximum absolute atomic E-state index is 12.7. The summed E-state index contributed by atoms with van der Waals surface area (Å²) in [6.45, 7) is 0. The van der Waals surface area contributed by atoms with E-state index in [1.54, 1.807) is 0 Å². The van der Waals surface area contributed by atoms with E-state index in [0.29, 0.717) is 11.7 Å². The number of hydrogen-bond donors (Lipinski definition) is 2. The third-order valence-corrected chi connectivity index (χ3v) is 5.55. The second-order valence-electron chi connectivity index (χ2n) is 5.29. The van der Waals surface area contributed by atoms with Gasteiger partial charge in [0.2, 0.25) is 0 Å². The van der Waals surface area contributed by atoms with E-state index in [1.165, 1.54) is 34.9 Å². The smallest absolute Gasteiger partial charge is 0.327 e. The standard InChI is InChI=1S/C14H14ClNO4S/c15-10-4-3-8(17)5-9(10)12(18)16-11(14(19)20)6-21-13(16)7-1-2-7/h3-5,7,11,13,17H,1-2,6H2,(H,19,20). The Hall–Kier alpha value is -1.40. The van der Waals surface area contributed by atoms with Crippen molar-refractivity contribution in [1.82, 2.24) is 4.90 Å². The first-order valence-corrected chi connectivity index (χ1v) is 8.07. The highest BCUT2D eigenvalue weighted by Gasteiger charge is 2.48. The number of rotatable bonds is 3. The molecule has 0 bridgehead atoms. The van der Waals surface area contributed by atoms with E-state index in [4.69, 9.17) is 11.6 Å². The number of amides is 1. The van der Waals surface area contributed by atoms with E-state index >= 15 is 0 Å². The number of phenolic OH excluding ortho intramolecular Hbond substituents is 1. The fourth-order valence-corrected chi connectivity index (χ4v) is 4.36. The Morgan fingerprint density at radius 2 is 2.05 bits per heavy atom. The van der Waals surface area contributed by atoms with Gasteiger partial charge in [0.15, 0.2) is 0 Å². The zero-order chi connectivity index (χ0) is 15.1. The van der Waals surface area contributed by atoms with Crippen LogP contribution in [0.1, 0.15) is 23.2 Å². The Balaban J connectivity index is 1.95. The van der Waals surface area contributed by atoms with Gasteiger partial charge in [-0.15, -0.1) is 11.8 Å². The van der Waals surface area contributed by atoms with Gasteiger partial charge in [-0.2, -0.15) is 0 Å². The van der Waals surface area contributed by atoms with Crippen LogP contribution in [0.2, 0.25) is 5.02 Å². The van der Waals surface area contributed by atoms with Gasteiger partial charge in [-0.05, 0) is 37.0 Å².